The molecule has 0 bridgehead atoms. The molecular formula is C27H33NO4. The summed E-state index contributed by atoms with van der Waals surface area (Å²) in [5, 5.41) is 12.7. The number of aliphatic hydroxyl groups excluding tert-OH is 1. The van der Waals surface area contributed by atoms with Crippen molar-refractivity contribution in [1.29, 1.82) is 0 Å². The van der Waals surface area contributed by atoms with Crippen molar-refractivity contribution in [1.82, 2.24) is 5.32 Å². The first-order valence-corrected chi connectivity index (χ1v) is 11.3. The molecule has 2 aromatic carbocycles. The van der Waals surface area contributed by atoms with Gasteiger partial charge in [0.25, 0.3) is 0 Å². The van der Waals surface area contributed by atoms with Crippen molar-refractivity contribution in [3.8, 4) is 23.3 Å². The summed E-state index contributed by atoms with van der Waals surface area (Å²) in [5.74, 6) is 7.02. The standard InChI is InChI=1S/C27H33NO4/c1-19(20(2)29)27(30)28-18-23(14-13-21-9-5-4-6-10-21)22-15-16-25(31-3)26(17-22)32-24-11-7-8-12-24/h4-6,9-10,15-17,19-20,23-24,29H,7-8,11-12,18H2,1-3H3,(H,28,30). The third-order valence-corrected chi connectivity index (χ3v) is 5.97. The first-order chi connectivity index (χ1) is 15.5. The maximum atomic E-state index is 12.4. The average Bonchev–Trinajstić information content (AvgIpc) is 3.32. The second-order valence-corrected chi connectivity index (χ2v) is 8.40. The first kappa shape index (κ1) is 23.7. The molecule has 0 saturated heterocycles. The van der Waals surface area contributed by atoms with E-state index in [2.05, 4.69) is 17.2 Å². The molecule has 2 aromatic rings. The summed E-state index contributed by atoms with van der Waals surface area (Å²) in [6.45, 7) is 3.67. The molecule has 0 radical (unpaired) electrons. The summed E-state index contributed by atoms with van der Waals surface area (Å²) in [6, 6.07) is 15.6. The van der Waals surface area contributed by atoms with Gasteiger partial charge in [-0.2, -0.15) is 0 Å². The fraction of sp³-hybridized carbons (Fsp3) is 0.444. The predicted molar refractivity (Wildman–Crippen MR) is 126 cm³/mol. The molecule has 1 aliphatic carbocycles. The smallest absolute Gasteiger partial charge is 0.225 e. The van der Waals surface area contributed by atoms with Gasteiger partial charge < -0.3 is 19.9 Å². The monoisotopic (exact) mass is 435 g/mol. The lowest BCUT2D eigenvalue weighted by atomic mass is 9.97. The Bertz CT molecular complexity index is 939. The van der Waals surface area contributed by atoms with Gasteiger partial charge >= 0.3 is 0 Å². The number of amides is 1. The van der Waals surface area contributed by atoms with Gasteiger partial charge in [0.05, 0.1) is 31.2 Å². The van der Waals surface area contributed by atoms with E-state index in [4.69, 9.17) is 9.47 Å². The van der Waals surface area contributed by atoms with Gasteiger partial charge in [0.2, 0.25) is 5.91 Å². The second kappa shape index (κ2) is 11.6. The molecule has 0 aliphatic heterocycles. The molecular weight excluding hydrogens is 402 g/mol. The third kappa shape index (κ3) is 6.51. The number of aliphatic hydroxyl groups is 1. The van der Waals surface area contributed by atoms with Gasteiger partial charge in [-0.25, -0.2) is 0 Å². The zero-order valence-corrected chi connectivity index (χ0v) is 19.1. The highest BCUT2D eigenvalue weighted by molar-refractivity contribution is 5.78. The summed E-state index contributed by atoms with van der Waals surface area (Å²) >= 11 is 0. The van der Waals surface area contributed by atoms with Crippen LogP contribution in [0.1, 0.15) is 56.6 Å². The molecule has 3 rings (SSSR count). The van der Waals surface area contributed by atoms with E-state index in [1.54, 1.807) is 21.0 Å². The van der Waals surface area contributed by atoms with E-state index in [1.807, 2.05) is 48.5 Å². The number of hydrogen-bond donors (Lipinski definition) is 2. The lowest BCUT2D eigenvalue weighted by Crippen LogP contribution is -2.36. The SMILES string of the molecule is COc1ccc(C(C#Cc2ccccc2)CNC(=O)C(C)C(C)O)cc1OC1CCCC1. The summed E-state index contributed by atoms with van der Waals surface area (Å²) in [7, 11) is 1.64. The van der Waals surface area contributed by atoms with Gasteiger partial charge in [-0.3, -0.25) is 4.79 Å². The highest BCUT2D eigenvalue weighted by Crippen LogP contribution is 2.34. The molecule has 1 aliphatic rings. The van der Waals surface area contributed by atoms with Crippen LogP contribution in [-0.4, -0.2) is 36.9 Å². The number of ether oxygens (including phenoxy) is 2. The van der Waals surface area contributed by atoms with Crippen LogP contribution in [0.2, 0.25) is 0 Å². The van der Waals surface area contributed by atoms with Gasteiger partial charge in [0.1, 0.15) is 0 Å². The van der Waals surface area contributed by atoms with Crippen LogP contribution in [0.15, 0.2) is 48.5 Å². The van der Waals surface area contributed by atoms with Crippen LogP contribution in [-0.2, 0) is 4.79 Å². The number of carbonyl (C=O) groups excluding carboxylic acids is 1. The molecule has 32 heavy (non-hydrogen) atoms. The van der Waals surface area contributed by atoms with Crippen molar-refractivity contribution in [2.75, 3.05) is 13.7 Å². The van der Waals surface area contributed by atoms with Crippen molar-refractivity contribution < 1.29 is 19.4 Å². The Kier molecular flexibility index (Phi) is 8.58. The Hall–Kier alpha value is -2.97. The molecule has 3 atom stereocenters. The van der Waals surface area contributed by atoms with Crippen LogP contribution >= 0.6 is 0 Å². The van der Waals surface area contributed by atoms with Crippen LogP contribution in [0, 0.1) is 17.8 Å². The molecule has 1 fully saturated rings. The number of carbonyl (C=O) groups is 1. The van der Waals surface area contributed by atoms with Crippen molar-refractivity contribution in [3.63, 3.8) is 0 Å². The Morgan fingerprint density at radius 2 is 1.84 bits per heavy atom. The van der Waals surface area contributed by atoms with Crippen LogP contribution in [0.5, 0.6) is 11.5 Å². The number of methoxy groups -OCH3 is 1. The third-order valence-electron chi connectivity index (χ3n) is 5.97. The molecule has 5 nitrogen and oxygen atoms in total. The van der Waals surface area contributed by atoms with E-state index in [1.165, 1.54) is 12.8 Å². The number of benzene rings is 2. The van der Waals surface area contributed by atoms with Crippen LogP contribution < -0.4 is 14.8 Å². The van der Waals surface area contributed by atoms with Gasteiger partial charge in [0.15, 0.2) is 11.5 Å². The summed E-state index contributed by atoms with van der Waals surface area (Å²) < 4.78 is 11.8. The fourth-order valence-corrected chi connectivity index (χ4v) is 3.71. The molecule has 2 N–H and O–H groups in total. The summed E-state index contributed by atoms with van der Waals surface area (Å²) in [6.07, 6.45) is 3.97. The predicted octanol–water partition coefficient (Wildman–Crippen LogP) is 4.29. The Balaban J connectivity index is 1.86. The molecule has 170 valence electrons. The van der Waals surface area contributed by atoms with E-state index < -0.39 is 12.0 Å². The van der Waals surface area contributed by atoms with E-state index in [-0.39, 0.29) is 17.9 Å². The summed E-state index contributed by atoms with van der Waals surface area (Å²) in [5.41, 5.74) is 1.87. The molecule has 5 heteroatoms. The maximum Gasteiger partial charge on any atom is 0.225 e. The van der Waals surface area contributed by atoms with Crippen molar-refractivity contribution >= 4 is 5.91 Å². The minimum absolute atomic E-state index is 0.192. The van der Waals surface area contributed by atoms with Crippen molar-refractivity contribution in [3.05, 3.63) is 59.7 Å². The summed E-state index contributed by atoms with van der Waals surface area (Å²) in [4.78, 5) is 12.4. The van der Waals surface area contributed by atoms with Crippen molar-refractivity contribution in [2.24, 2.45) is 5.92 Å². The number of rotatable bonds is 8. The van der Waals surface area contributed by atoms with E-state index in [0.29, 0.717) is 18.0 Å². The van der Waals surface area contributed by atoms with E-state index >= 15 is 0 Å². The van der Waals surface area contributed by atoms with Gasteiger partial charge in [-0.05, 0) is 62.4 Å². The topological polar surface area (TPSA) is 67.8 Å². The van der Waals surface area contributed by atoms with Crippen LogP contribution in [0.25, 0.3) is 0 Å². The van der Waals surface area contributed by atoms with Gasteiger partial charge in [0, 0.05) is 12.1 Å². The zero-order chi connectivity index (χ0) is 22.9. The Labute approximate surface area is 191 Å². The minimum atomic E-state index is -0.712. The average molecular weight is 436 g/mol. The van der Waals surface area contributed by atoms with E-state index in [0.717, 1.165) is 24.0 Å². The quantitative estimate of drug-likeness (QED) is 0.607. The lowest BCUT2D eigenvalue weighted by molar-refractivity contribution is -0.127. The Morgan fingerprint density at radius 3 is 2.50 bits per heavy atom. The molecule has 0 aromatic heterocycles. The normalized spacial score (nSPS) is 16.4. The van der Waals surface area contributed by atoms with Crippen molar-refractivity contribution in [2.45, 2.75) is 57.7 Å². The molecule has 0 heterocycles. The highest BCUT2D eigenvalue weighted by Gasteiger charge is 2.22. The molecule has 1 amide bonds. The lowest BCUT2D eigenvalue weighted by Gasteiger charge is -2.20. The highest BCUT2D eigenvalue weighted by atomic mass is 16.5. The largest absolute Gasteiger partial charge is 0.493 e. The Morgan fingerprint density at radius 1 is 1.12 bits per heavy atom. The molecule has 1 saturated carbocycles. The maximum absolute atomic E-state index is 12.4. The van der Waals surface area contributed by atoms with Gasteiger partial charge in [-0.1, -0.05) is 43.0 Å². The fourth-order valence-electron chi connectivity index (χ4n) is 3.71. The second-order valence-electron chi connectivity index (χ2n) is 8.40. The number of nitrogens with one attached hydrogen (secondary N) is 1. The van der Waals surface area contributed by atoms with Crippen LogP contribution in [0.3, 0.4) is 0 Å². The van der Waals surface area contributed by atoms with E-state index in [9.17, 15) is 9.90 Å². The van der Waals surface area contributed by atoms with Crippen LogP contribution in [0.4, 0.5) is 0 Å². The molecule has 0 spiro atoms. The van der Waals surface area contributed by atoms with Gasteiger partial charge in [-0.15, -0.1) is 0 Å². The number of hydrogen-bond acceptors (Lipinski definition) is 4. The molecule has 3 unspecified atom stereocenters. The first-order valence-electron chi connectivity index (χ1n) is 11.3. The zero-order valence-electron chi connectivity index (χ0n) is 19.1. The minimum Gasteiger partial charge on any atom is -0.493 e.